The molecule has 9 nitrogen and oxygen atoms in total. The highest BCUT2D eigenvalue weighted by Gasteiger charge is 2.35. The van der Waals surface area contributed by atoms with Crippen LogP contribution in [-0.4, -0.2) is 64.7 Å². The van der Waals surface area contributed by atoms with Gasteiger partial charge in [-0.3, -0.25) is 15.0 Å². The molecule has 11 heteroatoms. The first kappa shape index (κ1) is 29.2. The number of nitrogens with one attached hydrogen (secondary N) is 2. The van der Waals surface area contributed by atoms with E-state index in [-0.39, 0.29) is 17.5 Å². The maximum atomic E-state index is 14.1. The van der Waals surface area contributed by atoms with E-state index in [1.807, 2.05) is 37.3 Å². The highest BCUT2D eigenvalue weighted by atomic mass is 19.2. The minimum Gasteiger partial charge on any atom is -0.383 e. The molecule has 2 N–H and O–H groups in total. The number of aromatic nitrogens is 3. The summed E-state index contributed by atoms with van der Waals surface area (Å²) in [6.45, 7) is 5.83. The van der Waals surface area contributed by atoms with Crippen LogP contribution < -0.4 is 16.2 Å². The number of para-hydroxylation sites is 1. The van der Waals surface area contributed by atoms with E-state index in [9.17, 15) is 18.4 Å². The molecule has 0 aliphatic carbocycles. The third-order valence-electron chi connectivity index (χ3n) is 7.69. The van der Waals surface area contributed by atoms with Crippen LogP contribution in [0, 0.1) is 25.5 Å². The molecule has 42 heavy (non-hydrogen) atoms. The molecule has 1 aliphatic rings. The SMILES string of the molecule is COCCN1C[C@@H](NC(=O)Nc2c(C)c(-c3cc(C)c(=O)n(C)c3)nn2-c2ccccc2)[C@H](c2ccc(F)c(F)c2)C1. The number of methoxy groups -OCH3 is 1. The smallest absolute Gasteiger partial charge is 0.320 e. The van der Waals surface area contributed by atoms with Gasteiger partial charge >= 0.3 is 6.03 Å². The molecule has 1 saturated heterocycles. The molecule has 0 spiro atoms. The molecule has 220 valence electrons. The Labute approximate surface area is 242 Å². The second kappa shape index (κ2) is 12.3. The predicted octanol–water partition coefficient (Wildman–Crippen LogP) is 4.37. The normalized spacial score (nSPS) is 17.0. The summed E-state index contributed by atoms with van der Waals surface area (Å²) >= 11 is 0. The Hall–Kier alpha value is -4.35. The maximum absolute atomic E-state index is 14.1. The van der Waals surface area contributed by atoms with E-state index in [1.165, 1.54) is 10.6 Å². The topological polar surface area (TPSA) is 93.4 Å². The third kappa shape index (κ3) is 5.97. The quantitative estimate of drug-likeness (QED) is 0.325. The summed E-state index contributed by atoms with van der Waals surface area (Å²) in [5.74, 6) is -1.62. The van der Waals surface area contributed by atoms with Crippen molar-refractivity contribution in [2.45, 2.75) is 25.8 Å². The van der Waals surface area contributed by atoms with Gasteiger partial charge in [0.25, 0.3) is 5.56 Å². The van der Waals surface area contributed by atoms with Crippen LogP contribution in [0.3, 0.4) is 0 Å². The van der Waals surface area contributed by atoms with Gasteiger partial charge in [-0.15, -0.1) is 0 Å². The van der Waals surface area contributed by atoms with E-state index in [2.05, 4.69) is 15.5 Å². The monoisotopic (exact) mass is 576 g/mol. The van der Waals surface area contributed by atoms with Crippen LogP contribution in [0.4, 0.5) is 19.4 Å². The van der Waals surface area contributed by atoms with Crippen LogP contribution in [0.5, 0.6) is 0 Å². The zero-order valence-corrected chi connectivity index (χ0v) is 24.0. The van der Waals surface area contributed by atoms with Crippen LogP contribution in [0.2, 0.25) is 0 Å². The van der Waals surface area contributed by atoms with Crippen LogP contribution in [0.15, 0.2) is 65.6 Å². The number of ether oxygens (including phenoxy) is 1. The Bertz CT molecular complexity index is 1630. The predicted molar refractivity (Wildman–Crippen MR) is 157 cm³/mol. The molecule has 0 bridgehead atoms. The minimum absolute atomic E-state index is 0.0942. The maximum Gasteiger partial charge on any atom is 0.320 e. The standard InChI is InChI=1S/C31H34F2N6O3/c1-19-14-22(16-37(3)30(19)40)28-20(2)29(39(36-28)23-8-6-5-7-9-23)35-31(41)34-27-18-38(12-13-42-4)17-24(27)21-10-11-25(32)26(33)15-21/h5-11,14-16,24,27H,12-13,17-18H2,1-4H3,(H2,34,35,41)/t24-,27+/m0/s1. The number of carbonyl (C=O) groups is 1. The van der Waals surface area contributed by atoms with Gasteiger partial charge in [0, 0.05) is 62.6 Å². The van der Waals surface area contributed by atoms with Crippen LogP contribution in [0.25, 0.3) is 16.9 Å². The van der Waals surface area contributed by atoms with Gasteiger partial charge in [0.05, 0.1) is 24.0 Å². The first-order valence-electron chi connectivity index (χ1n) is 13.7. The number of benzene rings is 2. The van der Waals surface area contributed by atoms with Gasteiger partial charge in [0.15, 0.2) is 11.6 Å². The van der Waals surface area contributed by atoms with Gasteiger partial charge in [-0.2, -0.15) is 5.10 Å². The van der Waals surface area contributed by atoms with Crippen molar-refractivity contribution in [1.29, 1.82) is 0 Å². The molecule has 1 fully saturated rings. The van der Waals surface area contributed by atoms with E-state index < -0.39 is 17.7 Å². The Morgan fingerprint density at radius 3 is 2.52 bits per heavy atom. The van der Waals surface area contributed by atoms with Gasteiger partial charge in [-0.25, -0.2) is 18.3 Å². The highest BCUT2D eigenvalue weighted by Crippen LogP contribution is 2.32. The number of likely N-dealkylation sites (tertiary alicyclic amines) is 1. The average molecular weight is 577 g/mol. The van der Waals surface area contributed by atoms with Crippen molar-refractivity contribution in [3.05, 3.63) is 99.5 Å². The molecular weight excluding hydrogens is 542 g/mol. The number of pyridine rings is 1. The summed E-state index contributed by atoms with van der Waals surface area (Å²) in [7, 11) is 3.31. The lowest BCUT2D eigenvalue weighted by Gasteiger charge is -2.21. The first-order chi connectivity index (χ1) is 20.2. The van der Waals surface area contributed by atoms with Crippen molar-refractivity contribution in [1.82, 2.24) is 24.6 Å². The summed E-state index contributed by atoms with van der Waals surface area (Å²) in [5.41, 5.74) is 3.93. The lowest BCUT2D eigenvalue weighted by Crippen LogP contribution is -2.42. The van der Waals surface area contributed by atoms with E-state index in [0.717, 1.165) is 22.9 Å². The summed E-state index contributed by atoms with van der Waals surface area (Å²) in [6, 6.07) is 14.3. The minimum atomic E-state index is -0.922. The fourth-order valence-corrected chi connectivity index (χ4v) is 5.51. The number of nitrogens with zero attached hydrogens (tertiary/aromatic N) is 4. The van der Waals surface area contributed by atoms with Crippen LogP contribution in [-0.2, 0) is 11.8 Å². The largest absolute Gasteiger partial charge is 0.383 e. The Kier molecular flexibility index (Phi) is 8.51. The first-order valence-corrected chi connectivity index (χ1v) is 13.7. The molecule has 2 atom stereocenters. The molecule has 5 rings (SSSR count). The van der Waals surface area contributed by atoms with Crippen LogP contribution >= 0.6 is 0 Å². The van der Waals surface area contributed by atoms with Gasteiger partial charge in [0.2, 0.25) is 0 Å². The van der Waals surface area contributed by atoms with Crippen LogP contribution in [0.1, 0.15) is 22.6 Å². The molecule has 2 aromatic heterocycles. The van der Waals surface area contributed by atoms with Crippen molar-refractivity contribution in [3.63, 3.8) is 0 Å². The fraction of sp³-hybridized carbons (Fsp3) is 0.323. The average Bonchev–Trinajstić information content (AvgIpc) is 3.52. The number of anilines is 1. The highest BCUT2D eigenvalue weighted by molar-refractivity contribution is 5.91. The zero-order chi connectivity index (χ0) is 30.0. The number of aryl methyl sites for hydroxylation is 2. The number of carbonyl (C=O) groups excluding carboxylic acids is 1. The Balaban J connectivity index is 1.46. The lowest BCUT2D eigenvalue weighted by molar-refractivity contribution is 0.159. The summed E-state index contributed by atoms with van der Waals surface area (Å²) in [4.78, 5) is 28.0. The van der Waals surface area contributed by atoms with E-state index in [0.29, 0.717) is 48.9 Å². The molecular formula is C31H34F2N6O3. The lowest BCUT2D eigenvalue weighted by atomic mass is 9.94. The number of hydrogen-bond acceptors (Lipinski definition) is 5. The molecule has 4 aromatic rings. The van der Waals surface area contributed by atoms with Gasteiger partial charge < -0.3 is 14.6 Å². The van der Waals surface area contributed by atoms with Gasteiger partial charge in [-0.1, -0.05) is 24.3 Å². The Morgan fingerprint density at radius 1 is 1.07 bits per heavy atom. The van der Waals surface area contributed by atoms with Gasteiger partial charge in [-0.05, 0) is 49.7 Å². The second-order valence-corrected chi connectivity index (χ2v) is 10.6. The molecule has 3 heterocycles. The molecule has 2 amide bonds. The van der Waals surface area contributed by atoms with Crippen molar-refractivity contribution in [2.24, 2.45) is 7.05 Å². The number of amides is 2. The van der Waals surface area contributed by atoms with E-state index in [4.69, 9.17) is 9.84 Å². The second-order valence-electron chi connectivity index (χ2n) is 10.6. The van der Waals surface area contributed by atoms with Crippen molar-refractivity contribution in [2.75, 3.05) is 38.7 Å². The van der Waals surface area contributed by atoms with Crippen molar-refractivity contribution >= 4 is 11.8 Å². The molecule has 1 aliphatic heterocycles. The summed E-state index contributed by atoms with van der Waals surface area (Å²) in [6.07, 6.45) is 1.73. The Morgan fingerprint density at radius 2 is 1.83 bits per heavy atom. The number of hydrogen-bond donors (Lipinski definition) is 2. The molecule has 0 saturated carbocycles. The number of urea groups is 1. The fourth-order valence-electron chi connectivity index (χ4n) is 5.51. The zero-order valence-electron chi connectivity index (χ0n) is 24.0. The van der Waals surface area contributed by atoms with Gasteiger partial charge in [0.1, 0.15) is 5.82 Å². The van der Waals surface area contributed by atoms with Crippen molar-refractivity contribution < 1.29 is 18.3 Å². The van der Waals surface area contributed by atoms with E-state index >= 15 is 0 Å². The number of halogens is 2. The molecule has 0 unspecified atom stereocenters. The third-order valence-corrected chi connectivity index (χ3v) is 7.69. The van der Waals surface area contributed by atoms with E-state index in [1.54, 1.807) is 44.1 Å². The summed E-state index contributed by atoms with van der Waals surface area (Å²) in [5, 5.41) is 10.9. The summed E-state index contributed by atoms with van der Waals surface area (Å²) < 4.78 is 36.2. The molecule has 2 aromatic carbocycles. The molecule has 0 radical (unpaired) electrons. The van der Waals surface area contributed by atoms with Crippen molar-refractivity contribution in [3.8, 4) is 16.9 Å². The number of rotatable bonds is 8.